The van der Waals surface area contributed by atoms with E-state index in [0.29, 0.717) is 12.1 Å². The fourth-order valence-electron chi connectivity index (χ4n) is 2.09. The quantitative estimate of drug-likeness (QED) is 0.748. The third kappa shape index (κ3) is 3.26. The highest BCUT2D eigenvalue weighted by Crippen LogP contribution is 2.42. The number of ether oxygens (including phenoxy) is 1. The first-order valence-corrected chi connectivity index (χ1v) is 7.36. The van der Waals surface area contributed by atoms with Crippen molar-refractivity contribution in [3.63, 3.8) is 0 Å². The van der Waals surface area contributed by atoms with Gasteiger partial charge in [0.15, 0.2) is 0 Å². The lowest BCUT2D eigenvalue weighted by Crippen LogP contribution is -2.61. The summed E-state index contributed by atoms with van der Waals surface area (Å²) in [6.45, 7) is 8.14. The van der Waals surface area contributed by atoms with Gasteiger partial charge in [0.05, 0.1) is 6.10 Å². The molecule has 0 aromatic heterocycles. The first kappa shape index (κ1) is 13.1. The standard InChI is InChI=1S/C11H23NO2S/c1-5-14-10-8-9(11(10,2)3)12-6-7-15(4)13/h9-10,12H,5-8H2,1-4H3. The normalized spacial score (nSPS) is 30.9. The van der Waals surface area contributed by atoms with Gasteiger partial charge in [-0.2, -0.15) is 0 Å². The summed E-state index contributed by atoms with van der Waals surface area (Å²) >= 11 is 0. The first-order valence-electron chi connectivity index (χ1n) is 5.63. The van der Waals surface area contributed by atoms with Gasteiger partial charge in [-0.05, 0) is 13.3 Å². The van der Waals surface area contributed by atoms with Gasteiger partial charge in [-0.15, -0.1) is 0 Å². The lowest BCUT2D eigenvalue weighted by atomic mass is 9.64. The summed E-state index contributed by atoms with van der Waals surface area (Å²) in [4.78, 5) is 0. The zero-order valence-corrected chi connectivity index (χ0v) is 11.0. The second-order valence-corrected chi connectivity index (χ2v) is 6.34. The highest BCUT2D eigenvalue weighted by molar-refractivity contribution is 7.84. The van der Waals surface area contributed by atoms with Crippen molar-refractivity contribution in [1.82, 2.24) is 5.32 Å². The summed E-state index contributed by atoms with van der Waals surface area (Å²) in [5.74, 6) is 0.742. The van der Waals surface area contributed by atoms with Crippen LogP contribution in [-0.2, 0) is 15.5 Å². The fourth-order valence-corrected chi connectivity index (χ4v) is 2.50. The summed E-state index contributed by atoms with van der Waals surface area (Å²) in [7, 11) is -0.691. The summed E-state index contributed by atoms with van der Waals surface area (Å²) in [6.07, 6.45) is 3.21. The summed E-state index contributed by atoms with van der Waals surface area (Å²) < 4.78 is 16.6. The Morgan fingerprint density at radius 3 is 2.67 bits per heavy atom. The van der Waals surface area contributed by atoms with Gasteiger partial charge in [0, 0.05) is 47.4 Å². The molecule has 0 saturated heterocycles. The maximum absolute atomic E-state index is 10.9. The molecule has 1 aliphatic carbocycles. The molecule has 3 nitrogen and oxygen atoms in total. The molecule has 0 bridgehead atoms. The Morgan fingerprint density at radius 2 is 2.20 bits per heavy atom. The minimum absolute atomic E-state index is 0.214. The Bertz CT molecular complexity index is 231. The van der Waals surface area contributed by atoms with Crippen LogP contribution in [-0.4, -0.2) is 41.5 Å². The Hall–Kier alpha value is 0.0700. The number of nitrogens with one attached hydrogen (secondary N) is 1. The molecule has 0 spiro atoms. The van der Waals surface area contributed by atoms with Crippen molar-refractivity contribution < 1.29 is 8.95 Å². The van der Waals surface area contributed by atoms with E-state index in [9.17, 15) is 4.21 Å². The first-order chi connectivity index (χ1) is 6.98. The fraction of sp³-hybridized carbons (Fsp3) is 1.00. The smallest absolute Gasteiger partial charge is 0.0655 e. The van der Waals surface area contributed by atoms with E-state index in [-0.39, 0.29) is 5.41 Å². The lowest BCUT2D eigenvalue weighted by molar-refractivity contribution is -0.113. The van der Waals surface area contributed by atoms with Crippen LogP contribution in [0.3, 0.4) is 0 Å². The molecule has 1 fully saturated rings. The topological polar surface area (TPSA) is 38.3 Å². The molecule has 0 aromatic rings. The Morgan fingerprint density at radius 1 is 1.53 bits per heavy atom. The molecular formula is C11H23NO2S. The average molecular weight is 233 g/mol. The minimum atomic E-state index is -0.691. The molecular weight excluding hydrogens is 210 g/mol. The highest BCUT2D eigenvalue weighted by atomic mass is 32.2. The van der Waals surface area contributed by atoms with Gasteiger partial charge in [0.1, 0.15) is 0 Å². The Labute approximate surface area is 95.4 Å². The maximum atomic E-state index is 10.9. The van der Waals surface area contributed by atoms with Crippen molar-refractivity contribution in [2.24, 2.45) is 5.41 Å². The third-order valence-corrected chi connectivity index (χ3v) is 4.10. The van der Waals surface area contributed by atoms with Crippen molar-refractivity contribution in [2.75, 3.05) is 25.2 Å². The number of rotatable bonds is 6. The molecule has 90 valence electrons. The van der Waals surface area contributed by atoms with Gasteiger partial charge in [0.2, 0.25) is 0 Å². The molecule has 15 heavy (non-hydrogen) atoms. The monoisotopic (exact) mass is 233 g/mol. The third-order valence-electron chi connectivity index (χ3n) is 3.33. The molecule has 0 heterocycles. The summed E-state index contributed by atoms with van der Waals surface area (Å²) in [5, 5.41) is 3.46. The summed E-state index contributed by atoms with van der Waals surface area (Å²) in [5.41, 5.74) is 0.214. The SMILES string of the molecule is CCOC1CC(NCCS(C)=O)C1(C)C. The van der Waals surface area contributed by atoms with Crippen molar-refractivity contribution in [3.8, 4) is 0 Å². The molecule has 0 aliphatic heterocycles. The predicted octanol–water partition coefficient (Wildman–Crippen LogP) is 1.16. The molecule has 0 amide bonds. The van der Waals surface area contributed by atoms with Crippen LogP contribution in [0, 0.1) is 5.41 Å². The van der Waals surface area contributed by atoms with Crippen LogP contribution >= 0.6 is 0 Å². The number of hydrogen-bond acceptors (Lipinski definition) is 3. The van der Waals surface area contributed by atoms with Crippen LogP contribution < -0.4 is 5.32 Å². The molecule has 1 saturated carbocycles. The highest BCUT2D eigenvalue weighted by Gasteiger charge is 2.48. The van der Waals surface area contributed by atoms with E-state index in [1.165, 1.54) is 0 Å². The van der Waals surface area contributed by atoms with E-state index in [1.807, 2.05) is 6.92 Å². The molecule has 0 aromatic carbocycles. The molecule has 3 atom stereocenters. The van der Waals surface area contributed by atoms with Crippen molar-refractivity contribution in [3.05, 3.63) is 0 Å². The second-order valence-electron chi connectivity index (χ2n) is 4.79. The van der Waals surface area contributed by atoms with Crippen LogP contribution in [0.5, 0.6) is 0 Å². The van der Waals surface area contributed by atoms with E-state index in [2.05, 4.69) is 19.2 Å². The number of hydrogen-bond donors (Lipinski definition) is 1. The van der Waals surface area contributed by atoms with Gasteiger partial charge >= 0.3 is 0 Å². The Balaban J connectivity index is 2.26. The van der Waals surface area contributed by atoms with E-state index in [0.717, 1.165) is 25.3 Å². The van der Waals surface area contributed by atoms with Gasteiger partial charge in [-0.25, -0.2) is 0 Å². The van der Waals surface area contributed by atoms with E-state index in [4.69, 9.17) is 4.74 Å². The van der Waals surface area contributed by atoms with Gasteiger partial charge in [-0.3, -0.25) is 4.21 Å². The summed E-state index contributed by atoms with van der Waals surface area (Å²) in [6, 6.07) is 0.512. The van der Waals surface area contributed by atoms with Crippen LogP contribution in [0.1, 0.15) is 27.2 Å². The maximum Gasteiger partial charge on any atom is 0.0655 e. The van der Waals surface area contributed by atoms with E-state index >= 15 is 0 Å². The lowest BCUT2D eigenvalue weighted by Gasteiger charge is -2.52. The van der Waals surface area contributed by atoms with Crippen molar-refractivity contribution in [2.45, 2.75) is 39.3 Å². The minimum Gasteiger partial charge on any atom is -0.378 e. The Kier molecular flexibility index (Phi) is 4.74. The zero-order valence-electron chi connectivity index (χ0n) is 10.2. The van der Waals surface area contributed by atoms with Gasteiger partial charge < -0.3 is 10.1 Å². The van der Waals surface area contributed by atoms with E-state index in [1.54, 1.807) is 6.26 Å². The van der Waals surface area contributed by atoms with Crippen LogP contribution in [0.2, 0.25) is 0 Å². The zero-order chi connectivity index (χ0) is 11.5. The second kappa shape index (κ2) is 5.41. The van der Waals surface area contributed by atoms with Crippen LogP contribution in [0.25, 0.3) is 0 Å². The van der Waals surface area contributed by atoms with Crippen LogP contribution in [0.4, 0.5) is 0 Å². The van der Waals surface area contributed by atoms with Crippen LogP contribution in [0.15, 0.2) is 0 Å². The molecule has 1 aliphatic rings. The molecule has 1 rings (SSSR count). The predicted molar refractivity (Wildman–Crippen MR) is 64.5 cm³/mol. The molecule has 3 unspecified atom stereocenters. The molecule has 0 radical (unpaired) electrons. The van der Waals surface area contributed by atoms with Crippen molar-refractivity contribution in [1.29, 1.82) is 0 Å². The van der Waals surface area contributed by atoms with E-state index < -0.39 is 10.8 Å². The average Bonchev–Trinajstić information content (AvgIpc) is 2.15. The van der Waals surface area contributed by atoms with Gasteiger partial charge in [-0.1, -0.05) is 13.8 Å². The van der Waals surface area contributed by atoms with Crippen molar-refractivity contribution >= 4 is 10.8 Å². The largest absolute Gasteiger partial charge is 0.378 e. The molecule has 1 N–H and O–H groups in total. The molecule has 4 heteroatoms. The van der Waals surface area contributed by atoms with Gasteiger partial charge in [0.25, 0.3) is 0 Å².